The summed E-state index contributed by atoms with van der Waals surface area (Å²) in [5, 5.41) is 7.39. The van der Waals surface area contributed by atoms with Gasteiger partial charge in [0.2, 0.25) is 5.89 Å². The summed E-state index contributed by atoms with van der Waals surface area (Å²) >= 11 is 0. The van der Waals surface area contributed by atoms with E-state index >= 15 is 4.39 Å². The summed E-state index contributed by atoms with van der Waals surface area (Å²) in [5.41, 5.74) is -1.23. The second-order valence-corrected chi connectivity index (χ2v) is 15.1. The van der Waals surface area contributed by atoms with E-state index in [2.05, 4.69) is 27.1 Å². The van der Waals surface area contributed by atoms with Gasteiger partial charge in [0, 0.05) is 11.1 Å². The molecule has 2 heterocycles. The number of benzene rings is 2. The number of nitrogens with zero attached hydrogens (tertiary/aromatic N) is 5. The maximum absolute atomic E-state index is 15.5. The Kier molecular flexibility index (Phi) is 9.34. The quantitative estimate of drug-likeness (QED) is 0.211. The number of anilines is 1. The number of aromatic nitrogens is 4. The zero-order chi connectivity index (χ0) is 34.2. The molecule has 0 fully saturated rings. The van der Waals surface area contributed by atoms with E-state index in [1.165, 1.54) is 26.0 Å². The Morgan fingerprint density at radius 3 is 2.00 bits per heavy atom. The second-order valence-electron chi connectivity index (χ2n) is 12.6. The van der Waals surface area contributed by atoms with Crippen LogP contribution in [-0.2, 0) is 19.3 Å². The number of rotatable bonds is 6. The van der Waals surface area contributed by atoms with Gasteiger partial charge in [0.25, 0.3) is 5.89 Å². The Morgan fingerprint density at radius 1 is 0.913 bits per heavy atom. The molecule has 0 N–H and O–H groups in total. The molecule has 1 radical (unpaired) electrons. The van der Waals surface area contributed by atoms with E-state index in [1.54, 1.807) is 65.8 Å². The van der Waals surface area contributed by atoms with E-state index in [0.29, 0.717) is 10.5 Å². The molecule has 0 aliphatic carbocycles. The Hall–Kier alpha value is -4.72. The number of hydrogen-bond donors (Lipinski definition) is 0. The number of imide groups is 1. The fourth-order valence-corrected chi connectivity index (χ4v) is 4.99. The third-order valence-corrected chi connectivity index (χ3v) is 8.26. The molecule has 2 aromatic heterocycles. The Labute approximate surface area is 266 Å². The van der Waals surface area contributed by atoms with Gasteiger partial charge in [0.1, 0.15) is 17.0 Å². The Bertz CT molecular complexity index is 1850. The highest BCUT2D eigenvalue weighted by molar-refractivity contribution is 7.92. The van der Waals surface area contributed by atoms with Gasteiger partial charge in [-0.1, -0.05) is 12.1 Å². The first-order chi connectivity index (χ1) is 21.3. The molecule has 4 rings (SSSR count). The highest BCUT2D eigenvalue weighted by Crippen LogP contribution is 2.34. The molecule has 0 unspecified atom stereocenters. The van der Waals surface area contributed by atoms with Crippen LogP contribution in [0.25, 0.3) is 34.3 Å². The third kappa shape index (κ3) is 7.73. The normalized spacial score (nSPS) is 12.2. The predicted octanol–water partition coefficient (Wildman–Crippen LogP) is 7.04. The number of ether oxygens (including phenoxy) is 2. The van der Waals surface area contributed by atoms with Crippen LogP contribution in [0.1, 0.15) is 61.0 Å². The van der Waals surface area contributed by atoms with E-state index in [9.17, 15) is 18.0 Å². The summed E-state index contributed by atoms with van der Waals surface area (Å²) in [6, 6.07) is 10.3. The van der Waals surface area contributed by atoms with Crippen LogP contribution in [0.3, 0.4) is 0 Å². The van der Waals surface area contributed by atoms with Crippen molar-refractivity contribution in [1.29, 1.82) is 0 Å². The van der Waals surface area contributed by atoms with Crippen molar-refractivity contribution in [1.82, 2.24) is 20.2 Å². The van der Waals surface area contributed by atoms with Gasteiger partial charge in [0.05, 0.1) is 22.0 Å². The van der Waals surface area contributed by atoms with Crippen LogP contribution in [0.15, 0.2) is 58.0 Å². The summed E-state index contributed by atoms with van der Waals surface area (Å²) in [4.78, 5) is 36.1. The van der Waals surface area contributed by atoms with Crippen molar-refractivity contribution < 1.29 is 36.3 Å². The van der Waals surface area contributed by atoms with E-state index < -0.39 is 50.1 Å². The van der Waals surface area contributed by atoms with Gasteiger partial charge in [-0.2, -0.15) is 4.90 Å². The highest BCUT2D eigenvalue weighted by Gasteiger charge is 2.37. The second kappa shape index (κ2) is 12.6. The van der Waals surface area contributed by atoms with E-state index in [-0.39, 0.29) is 33.6 Å². The molecule has 4 aromatic rings. The average molecular weight is 653 g/mol. The standard InChI is InChI=1S/C32H35FN5O7S/c1-18(2)46(41,42)21-14-15-22(23(33)16-21)24-17-34-26(38(29(39)44-31(4,5)6)30(40)45-32(7,8)9)25(35-24)28-37-36-27(43-28)20-12-10-19(3)11-13-20/h10-18H,3H2,1-2,4-9H3. The summed E-state index contributed by atoms with van der Waals surface area (Å²) in [7, 11) is -3.77. The van der Waals surface area contributed by atoms with Gasteiger partial charge in [-0.25, -0.2) is 32.4 Å². The predicted molar refractivity (Wildman–Crippen MR) is 168 cm³/mol. The van der Waals surface area contributed by atoms with Crippen molar-refractivity contribution in [3.63, 3.8) is 0 Å². The number of carbonyl (C=O) groups is 2. The van der Waals surface area contributed by atoms with Crippen LogP contribution in [0, 0.1) is 12.7 Å². The van der Waals surface area contributed by atoms with Crippen molar-refractivity contribution >= 4 is 27.8 Å². The fraction of sp³-hybridized carbons (Fsp3) is 0.344. The highest BCUT2D eigenvalue weighted by atomic mass is 32.2. The molecule has 14 heteroatoms. The number of carbonyl (C=O) groups excluding carboxylic acids is 2. The van der Waals surface area contributed by atoms with Crippen molar-refractivity contribution in [2.75, 3.05) is 4.90 Å². The summed E-state index contributed by atoms with van der Waals surface area (Å²) < 4.78 is 57.6. The van der Waals surface area contributed by atoms with Crippen molar-refractivity contribution in [3.8, 4) is 34.3 Å². The van der Waals surface area contributed by atoms with Crippen LogP contribution >= 0.6 is 0 Å². The zero-order valence-electron chi connectivity index (χ0n) is 26.8. The Balaban J connectivity index is 1.93. The van der Waals surface area contributed by atoms with Crippen LogP contribution < -0.4 is 4.90 Å². The minimum atomic E-state index is -3.77. The average Bonchev–Trinajstić information content (AvgIpc) is 3.42. The molecular formula is C32H35FN5O7S. The van der Waals surface area contributed by atoms with Crippen molar-refractivity contribution in [3.05, 3.63) is 67.0 Å². The molecule has 0 aliphatic rings. The van der Waals surface area contributed by atoms with Gasteiger partial charge < -0.3 is 13.9 Å². The van der Waals surface area contributed by atoms with E-state index in [1.807, 2.05) is 0 Å². The zero-order valence-corrected chi connectivity index (χ0v) is 27.6. The lowest BCUT2D eigenvalue weighted by Crippen LogP contribution is -2.44. The third-order valence-electron chi connectivity index (χ3n) is 6.11. The van der Waals surface area contributed by atoms with E-state index in [0.717, 1.165) is 17.8 Å². The molecule has 2 aromatic carbocycles. The van der Waals surface area contributed by atoms with Crippen LogP contribution in [0.5, 0.6) is 0 Å². The minimum Gasteiger partial charge on any atom is -0.443 e. The number of amides is 2. The maximum atomic E-state index is 15.5. The smallest absolute Gasteiger partial charge is 0.425 e. The SMILES string of the molecule is [CH2]c1ccc(-c2nnc(-c3nc(-c4ccc(S(=O)(=O)C(C)C)cc4F)cnc3N(C(=O)OC(C)(C)C)C(=O)OC(C)(C)C)o2)cc1. The van der Waals surface area contributed by atoms with Gasteiger partial charge >= 0.3 is 12.2 Å². The van der Waals surface area contributed by atoms with Crippen LogP contribution in [-0.4, -0.2) is 57.2 Å². The lowest BCUT2D eigenvalue weighted by atomic mass is 10.1. The van der Waals surface area contributed by atoms with Crippen LogP contribution in [0.2, 0.25) is 0 Å². The molecule has 0 saturated heterocycles. The molecule has 46 heavy (non-hydrogen) atoms. The molecule has 0 atom stereocenters. The largest absolute Gasteiger partial charge is 0.443 e. The monoisotopic (exact) mass is 652 g/mol. The maximum Gasteiger partial charge on any atom is 0.425 e. The van der Waals surface area contributed by atoms with E-state index in [4.69, 9.17) is 13.9 Å². The fourth-order valence-electron chi connectivity index (χ4n) is 3.92. The van der Waals surface area contributed by atoms with Gasteiger partial charge in [0.15, 0.2) is 21.3 Å². The van der Waals surface area contributed by atoms with Crippen LogP contribution in [0.4, 0.5) is 19.8 Å². The molecule has 12 nitrogen and oxygen atoms in total. The first kappa shape index (κ1) is 34.2. The Morgan fingerprint density at radius 2 is 1.48 bits per heavy atom. The molecule has 0 bridgehead atoms. The summed E-state index contributed by atoms with van der Waals surface area (Å²) in [6.45, 7) is 16.5. The molecule has 0 saturated carbocycles. The number of hydrogen-bond acceptors (Lipinski definition) is 11. The van der Waals surface area contributed by atoms with Gasteiger partial charge in [-0.05, 0) is 98.2 Å². The summed E-state index contributed by atoms with van der Waals surface area (Å²) in [5.74, 6) is -1.49. The number of halogens is 1. The minimum absolute atomic E-state index is 0.0728. The van der Waals surface area contributed by atoms with Crippen molar-refractivity contribution in [2.24, 2.45) is 0 Å². The molecule has 2 amide bonds. The van der Waals surface area contributed by atoms with Gasteiger partial charge in [-0.3, -0.25) is 0 Å². The molecule has 0 spiro atoms. The topological polar surface area (TPSA) is 155 Å². The lowest BCUT2D eigenvalue weighted by molar-refractivity contribution is 0.0429. The molecule has 0 aliphatic heterocycles. The lowest BCUT2D eigenvalue weighted by Gasteiger charge is -2.28. The van der Waals surface area contributed by atoms with Gasteiger partial charge in [-0.15, -0.1) is 10.2 Å². The number of sulfone groups is 1. The molecule has 243 valence electrons. The first-order valence-corrected chi connectivity index (χ1v) is 15.7. The summed E-state index contributed by atoms with van der Waals surface area (Å²) in [6.07, 6.45) is -1.16. The first-order valence-electron chi connectivity index (χ1n) is 14.2. The van der Waals surface area contributed by atoms with Crippen molar-refractivity contribution in [2.45, 2.75) is 76.7 Å². The molecular weight excluding hydrogens is 617 g/mol.